The van der Waals surface area contributed by atoms with Crippen molar-refractivity contribution in [3.05, 3.63) is 0 Å². The molecule has 0 aromatic rings. The van der Waals surface area contributed by atoms with Gasteiger partial charge in [-0.25, -0.2) is 9.59 Å². The topological polar surface area (TPSA) is 81.7 Å². The number of nitrogens with zero attached hydrogens (tertiary/aromatic N) is 1. The van der Waals surface area contributed by atoms with Gasteiger partial charge in [-0.1, -0.05) is 13.8 Å². The summed E-state index contributed by atoms with van der Waals surface area (Å²) in [5, 5.41) is 15.2. The number of hydrogen-bond acceptors (Lipinski definition) is 3. The number of urea groups is 1. The van der Waals surface area contributed by atoms with Gasteiger partial charge in [0.2, 0.25) is 0 Å². The first-order valence-electron chi connectivity index (χ1n) is 7.04. The summed E-state index contributed by atoms with van der Waals surface area (Å²) in [4.78, 5) is 24.6. The summed E-state index contributed by atoms with van der Waals surface area (Å²) < 4.78 is 0. The molecule has 1 fully saturated rings. The SMILES string of the molecule is CCNCCCNC(=O)N1CCC(C)CC1C(=O)O. The molecular weight excluding hydrogens is 246 g/mol. The predicted octanol–water partition coefficient (Wildman–Crippen LogP) is 0.881. The van der Waals surface area contributed by atoms with Crippen LogP contribution in [0, 0.1) is 5.92 Å². The summed E-state index contributed by atoms with van der Waals surface area (Å²) in [7, 11) is 0. The molecule has 2 amide bonds. The van der Waals surface area contributed by atoms with Crippen LogP contribution in [0.4, 0.5) is 4.79 Å². The molecule has 0 radical (unpaired) electrons. The Labute approximate surface area is 114 Å². The van der Waals surface area contributed by atoms with Crippen LogP contribution in [0.15, 0.2) is 0 Å². The minimum Gasteiger partial charge on any atom is -0.480 e. The smallest absolute Gasteiger partial charge is 0.326 e. The second kappa shape index (κ2) is 7.99. The third-order valence-corrected chi connectivity index (χ3v) is 3.47. The summed E-state index contributed by atoms with van der Waals surface area (Å²) in [6.45, 7) is 6.93. The zero-order valence-corrected chi connectivity index (χ0v) is 11.8. The Morgan fingerprint density at radius 3 is 2.74 bits per heavy atom. The van der Waals surface area contributed by atoms with Crippen molar-refractivity contribution >= 4 is 12.0 Å². The van der Waals surface area contributed by atoms with Crippen molar-refractivity contribution in [2.75, 3.05) is 26.2 Å². The number of piperidine rings is 1. The average molecular weight is 271 g/mol. The number of carbonyl (C=O) groups is 2. The van der Waals surface area contributed by atoms with E-state index in [1.807, 2.05) is 13.8 Å². The van der Waals surface area contributed by atoms with Crippen LogP contribution in [0.1, 0.15) is 33.1 Å². The molecule has 1 saturated heterocycles. The van der Waals surface area contributed by atoms with Crippen LogP contribution in [0.3, 0.4) is 0 Å². The van der Waals surface area contributed by atoms with Crippen LogP contribution in [0.2, 0.25) is 0 Å². The zero-order chi connectivity index (χ0) is 14.3. The van der Waals surface area contributed by atoms with Crippen molar-refractivity contribution in [1.29, 1.82) is 0 Å². The predicted molar refractivity (Wildman–Crippen MR) is 73.1 cm³/mol. The van der Waals surface area contributed by atoms with Crippen LogP contribution >= 0.6 is 0 Å². The van der Waals surface area contributed by atoms with Gasteiger partial charge in [-0.3, -0.25) is 0 Å². The molecule has 6 heteroatoms. The molecule has 1 rings (SSSR count). The number of aliphatic carboxylic acids is 1. The third kappa shape index (κ3) is 5.06. The van der Waals surface area contributed by atoms with Gasteiger partial charge in [0, 0.05) is 13.1 Å². The van der Waals surface area contributed by atoms with Gasteiger partial charge in [-0.15, -0.1) is 0 Å². The Morgan fingerprint density at radius 1 is 1.37 bits per heavy atom. The van der Waals surface area contributed by atoms with Gasteiger partial charge >= 0.3 is 12.0 Å². The Kier molecular flexibility index (Phi) is 6.62. The molecule has 19 heavy (non-hydrogen) atoms. The minimum atomic E-state index is -0.908. The van der Waals surface area contributed by atoms with Gasteiger partial charge < -0.3 is 20.6 Å². The largest absolute Gasteiger partial charge is 0.480 e. The Morgan fingerprint density at radius 2 is 2.11 bits per heavy atom. The number of carboxylic acid groups (broad SMARTS) is 1. The van der Waals surface area contributed by atoms with Crippen LogP contribution in [0.5, 0.6) is 0 Å². The number of nitrogens with one attached hydrogen (secondary N) is 2. The fourth-order valence-corrected chi connectivity index (χ4v) is 2.31. The molecule has 0 spiro atoms. The molecule has 2 unspecified atom stereocenters. The monoisotopic (exact) mass is 271 g/mol. The molecular formula is C13H25N3O3. The average Bonchev–Trinajstić information content (AvgIpc) is 2.38. The minimum absolute atomic E-state index is 0.254. The zero-order valence-electron chi connectivity index (χ0n) is 11.8. The van der Waals surface area contributed by atoms with Crippen LogP contribution < -0.4 is 10.6 Å². The molecule has 1 aliphatic heterocycles. The second-order valence-corrected chi connectivity index (χ2v) is 5.12. The second-order valence-electron chi connectivity index (χ2n) is 5.12. The maximum atomic E-state index is 12.0. The molecule has 0 aliphatic carbocycles. The fourth-order valence-electron chi connectivity index (χ4n) is 2.31. The van der Waals surface area contributed by atoms with Crippen molar-refractivity contribution in [2.45, 2.75) is 39.2 Å². The molecule has 2 atom stereocenters. The van der Waals surface area contributed by atoms with E-state index in [-0.39, 0.29) is 6.03 Å². The molecule has 0 bridgehead atoms. The van der Waals surface area contributed by atoms with E-state index in [4.69, 9.17) is 0 Å². The first kappa shape index (κ1) is 15.8. The first-order chi connectivity index (χ1) is 9.06. The highest BCUT2D eigenvalue weighted by Crippen LogP contribution is 2.22. The lowest BCUT2D eigenvalue weighted by molar-refractivity contribution is -0.143. The van der Waals surface area contributed by atoms with E-state index in [0.717, 1.165) is 25.9 Å². The molecule has 110 valence electrons. The number of amides is 2. The quantitative estimate of drug-likeness (QED) is 0.626. The number of carboxylic acids is 1. The normalized spacial score (nSPS) is 23.2. The molecule has 1 heterocycles. The van der Waals surface area contributed by atoms with E-state index < -0.39 is 12.0 Å². The van der Waals surface area contributed by atoms with Crippen LogP contribution in [-0.4, -0.2) is 54.2 Å². The highest BCUT2D eigenvalue weighted by Gasteiger charge is 2.34. The van der Waals surface area contributed by atoms with Crippen molar-refractivity contribution in [3.8, 4) is 0 Å². The third-order valence-electron chi connectivity index (χ3n) is 3.47. The maximum absolute atomic E-state index is 12.0. The van der Waals surface area contributed by atoms with Crippen LogP contribution in [-0.2, 0) is 4.79 Å². The van der Waals surface area contributed by atoms with E-state index in [0.29, 0.717) is 25.4 Å². The Bertz CT molecular complexity index is 310. The van der Waals surface area contributed by atoms with Crippen molar-refractivity contribution in [1.82, 2.24) is 15.5 Å². The van der Waals surface area contributed by atoms with Gasteiger partial charge in [0.15, 0.2) is 0 Å². The van der Waals surface area contributed by atoms with E-state index in [1.54, 1.807) is 0 Å². The lowest BCUT2D eigenvalue weighted by Gasteiger charge is -2.35. The van der Waals surface area contributed by atoms with Gasteiger partial charge in [0.05, 0.1) is 0 Å². The standard InChI is InChI=1S/C13H25N3O3/c1-3-14-6-4-7-15-13(19)16-8-5-10(2)9-11(16)12(17)18/h10-11,14H,3-9H2,1-2H3,(H,15,19)(H,17,18). The Balaban J connectivity index is 2.38. The van der Waals surface area contributed by atoms with Crippen molar-refractivity contribution in [2.24, 2.45) is 5.92 Å². The number of hydrogen-bond donors (Lipinski definition) is 3. The van der Waals surface area contributed by atoms with Crippen molar-refractivity contribution < 1.29 is 14.7 Å². The lowest BCUT2D eigenvalue weighted by atomic mass is 9.93. The lowest BCUT2D eigenvalue weighted by Crippen LogP contribution is -2.53. The summed E-state index contributed by atoms with van der Waals surface area (Å²) in [6.07, 6.45) is 2.26. The summed E-state index contributed by atoms with van der Waals surface area (Å²) in [5.41, 5.74) is 0. The van der Waals surface area contributed by atoms with E-state index in [1.165, 1.54) is 4.90 Å². The molecule has 0 saturated carbocycles. The first-order valence-corrected chi connectivity index (χ1v) is 7.04. The summed E-state index contributed by atoms with van der Waals surface area (Å²) >= 11 is 0. The van der Waals surface area contributed by atoms with Gasteiger partial charge in [0.25, 0.3) is 0 Å². The summed E-state index contributed by atoms with van der Waals surface area (Å²) in [5.74, 6) is -0.548. The van der Waals surface area contributed by atoms with Gasteiger partial charge in [-0.05, 0) is 38.3 Å². The van der Waals surface area contributed by atoms with Crippen LogP contribution in [0.25, 0.3) is 0 Å². The molecule has 0 aromatic carbocycles. The maximum Gasteiger partial charge on any atom is 0.326 e. The molecule has 1 aliphatic rings. The van der Waals surface area contributed by atoms with Crippen molar-refractivity contribution in [3.63, 3.8) is 0 Å². The van der Waals surface area contributed by atoms with E-state index in [2.05, 4.69) is 10.6 Å². The number of carbonyl (C=O) groups excluding carboxylic acids is 1. The number of rotatable bonds is 6. The number of likely N-dealkylation sites (tertiary alicyclic amines) is 1. The molecule has 6 nitrogen and oxygen atoms in total. The van der Waals surface area contributed by atoms with Gasteiger partial charge in [0.1, 0.15) is 6.04 Å². The highest BCUT2D eigenvalue weighted by molar-refractivity contribution is 5.82. The molecule has 0 aromatic heterocycles. The summed E-state index contributed by atoms with van der Waals surface area (Å²) in [6, 6.07) is -0.937. The van der Waals surface area contributed by atoms with Gasteiger partial charge in [-0.2, -0.15) is 0 Å². The fraction of sp³-hybridized carbons (Fsp3) is 0.846. The Hall–Kier alpha value is -1.30. The highest BCUT2D eigenvalue weighted by atomic mass is 16.4. The molecule has 3 N–H and O–H groups in total. The van der Waals surface area contributed by atoms with E-state index in [9.17, 15) is 14.7 Å². The van der Waals surface area contributed by atoms with E-state index >= 15 is 0 Å².